The molecule has 23 heavy (non-hydrogen) atoms. The molecule has 0 radical (unpaired) electrons. The van der Waals surface area contributed by atoms with Gasteiger partial charge in [-0.05, 0) is 43.9 Å². The largest absolute Gasteiger partial charge is 0.336 e. The summed E-state index contributed by atoms with van der Waals surface area (Å²) in [5, 5.41) is 0.505. The number of rotatable bonds is 2. The van der Waals surface area contributed by atoms with Crippen LogP contribution >= 0.6 is 0 Å². The van der Waals surface area contributed by atoms with Gasteiger partial charge in [-0.3, -0.25) is 14.2 Å². The Morgan fingerprint density at radius 1 is 1.30 bits per heavy atom. The second-order valence-electron chi connectivity index (χ2n) is 6.15. The number of fused-ring (bicyclic) bond motifs is 1. The highest BCUT2D eigenvalue weighted by Crippen LogP contribution is 2.27. The lowest BCUT2D eigenvalue weighted by molar-refractivity contribution is 0.0610. The molecule has 0 bridgehead atoms. The third-order valence-corrected chi connectivity index (χ3v) is 4.70. The van der Waals surface area contributed by atoms with Crippen molar-refractivity contribution in [3.8, 4) is 0 Å². The highest BCUT2D eigenvalue weighted by Gasteiger charge is 2.28. The number of carbonyl (C=O) groups is 2. The summed E-state index contributed by atoms with van der Waals surface area (Å²) in [6.45, 7) is 4.24. The first-order chi connectivity index (χ1) is 11.0. The van der Waals surface area contributed by atoms with E-state index in [-0.39, 0.29) is 17.9 Å². The standard InChI is InChI=1S/C18H21FN2O2/c1-3-14-6-4-5-9-20(14)18(23)16-11-21(12(2)22)17-8-7-13(19)10-15(16)17/h7-8,10-11,14H,3-6,9H2,1-2H3. The number of halogens is 1. The monoisotopic (exact) mass is 316 g/mol. The summed E-state index contributed by atoms with van der Waals surface area (Å²) >= 11 is 0. The van der Waals surface area contributed by atoms with E-state index in [9.17, 15) is 14.0 Å². The molecule has 1 amide bonds. The fraction of sp³-hybridized carbons (Fsp3) is 0.444. The second-order valence-corrected chi connectivity index (χ2v) is 6.15. The molecule has 2 aromatic rings. The average Bonchev–Trinajstić information content (AvgIpc) is 2.93. The van der Waals surface area contributed by atoms with E-state index in [2.05, 4.69) is 6.92 Å². The molecule has 3 rings (SSSR count). The molecule has 1 atom stereocenters. The Kier molecular flexibility index (Phi) is 4.20. The molecule has 0 aliphatic carbocycles. The van der Waals surface area contributed by atoms with Gasteiger partial charge in [0.2, 0.25) is 5.91 Å². The van der Waals surface area contributed by atoms with Crippen LogP contribution in [0.5, 0.6) is 0 Å². The minimum atomic E-state index is -0.404. The van der Waals surface area contributed by atoms with Gasteiger partial charge >= 0.3 is 0 Å². The maximum absolute atomic E-state index is 13.7. The van der Waals surface area contributed by atoms with E-state index in [1.165, 1.54) is 23.6 Å². The van der Waals surface area contributed by atoms with E-state index in [4.69, 9.17) is 0 Å². The summed E-state index contributed by atoms with van der Waals surface area (Å²) < 4.78 is 15.1. The summed E-state index contributed by atoms with van der Waals surface area (Å²) in [5.74, 6) is -0.697. The molecule has 0 saturated carbocycles. The Balaban J connectivity index is 2.09. The lowest BCUT2D eigenvalue weighted by Crippen LogP contribution is -2.43. The van der Waals surface area contributed by atoms with Crippen LogP contribution in [0.3, 0.4) is 0 Å². The third kappa shape index (κ3) is 2.76. The molecule has 1 unspecified atom stereocenters. The first-order valence-electron chi connectivity index (χ1n) is 8.15. The fourth-order valence-electron chi connectivity index (χ4n) is 3.48. The molecule has 4 nitrogen and oxygen atoms in total. The zero-order valence-corrected chi connectivity index (χ0v) is 13.5. The van der Waals surface area contributed by atoms with Gasteiger partial charge < -0.3 is 4.90 Å². The van der Waals surface area contributed by atoms with Gasteiger partial charge in [-0.15, -0.1) is 0 Å². The van der Waals surface area contributed by atoms with Crippen LogP contribution < -0.4 is 0 Å². The van der Waals surface area contributed by atoms with E-state index >= 15 is 0 Å². The number of hydrogen-bond donors (Lipinski definition) is 0. The van der Waals surface area contributed by atoms with Crippen molar-refractivity contribution in [2.24, 2.45) is 0 Å². The van der Waals surface area contributed by atoms with Crippen molar-refractivity contribution in [3.63, 3.8) is 0 Å². The van der Waals surface area contributed by atoms with Gasteiger partial charge in [-0.1, -0.05) is 6.92 Å². The summed E-state index contributed by atoms with van der Waals surface area (Å²) in [4.78, 5) is 26.7. The summed E-state index contributed by atoms with van der Waals surface area (Å²) in [7, 11) is 0. The number of carbonyl (C=O) groups excluding carboxylic acids is 2. The van der Waals surface area contributed by atoms with Crippen molar-refractivity contribution in [3.05, 3.63) is 35.8 Å². The number of nitrogens with zero attached hydrogens (tertiary/aromatic N) is 2. The highest BCUT2D eigenvalue weighted by atomic mass is 19.1. The average molecular weight is 316 g/mol. The van der Waals surface area contributed by atoms with Gasteiger partial charge in [0.1, 0.15) is 5.82 Å². The topological polar surface area (TPSA) is 42.3 Å². The van der Waals surface area contributed by atoms with Crippen molar-refractivity contribution in [2.45, 2.75) is 45.6 Å². The normalized spacial score (nSPS) is 18.4. The Morgan fingerprint density at radius 2 is 2.09 bits per heavy atom. The predicted octanol–water partition coefficient (Wildman–Crippen LogP) is 3.85. The molecule has 1 aromatic carbocycles. The number of hydrogen-bond acceptors (Lipinski definition) is 2. The number of amides is 1. The van der Waals surface area contributed by atoms with Crippen molar-refractivity contribution < 1.29 is 14.0 Å². The number of aromatic nitrogens is 1. The fourth-order valence-corrected chi connectivity index (χ4v) is 3.48. The first kappa shape index (κ1) is 15.7. The van der Waals surface area contributed by atoms with Gasteiger partial charge in [0.25, 0.3) is 5.91 Å². The van der Waals surface area contributed by atoms with Crippen LogP contribution in [0.2, 0.25) is 0 Å². The molecule has 2 heterocycles. The van der Waals surface area contributed by atoms with Crippen LogP contribution in [-0.2, 0) is 0 Å². The van der Waals surface area contributed by atoms with Gasteiger partial charge in [0.05, 0.1) is 11.1 Å². The molecule has 0 N–H and O–H groups in total. The molecule has 122 valence electrons. The Hall–Kier alpha value is -2.17. The highest BCUT2D eigenvalue weighted by molar-refractivity contribution is 6.09. The smallest absolute Gasteiger partial charge is 0.256 e. The van der Waals surface area contributed by atoms with Gasteiger partial charge in [0, 0.05) is 31.1 Å². The minimum absolute atomic E-state index is 0.104. The Bertz CT molecular complexity index is 766. The Labute approximate surface area is 134 Å². The number of benzene rings is 1. The van der Waals surface area contributed by atoms with Crippen LogP contribution in [-0.4, -0.2) is 33.9 Å². The zero-order chi connectivity index (χ0) is 16.6. The SMILES string of the molecule is CCC1CCCCN1C(=O)c1cn(C(C)=O)c2ccc(F)cc12. The predicted molar refractivity (Wildman–Crippen MR) is 87.2 cm³/mol. The number of likely N-dealkylation sites (tertiary alicyclic amines) is 1. The molecular formula is C18H21FN2O2. The Morgan fingerprint density at radius 3 is 2.78 bits per heavy atom. The van der Waals surface area contributed by atoms with Crippen LogP contribution in [0.1, 0.15) is 54.7 Å². The van der Waals surface area contributed by atoms with Crippen molar-refractivity contribution >= 4 is 22.7 Å². The van der Waals surface area contributed by atoms with Gasteiger partial charge in [-0.2, -0.15) is 0 Å². The lowest BCUT2D eigenvalue weighted by atomic mass is 9.99. The van der Waals surface area contributed by atoms with Crippen LogP contribution in [0.25, 0.3) is 10.9 Å². The van der Waals surface area contributed by atoms with Crippen molar-refractivity contribution in [2.75, 3.05) is 6.54 Å². The molecule has 5 heteroatoms. The molecule has 0 spiro atoms. The number of piperidine rings is 1. The lowest BCUT2D eigenvalue weighted by Gasteiger charge is -2.35. The summed E-state index contributed by atoms with van der Waals surface area (Å²) in [6.07, 6.45) is 5.58. The summed E-state index contributed by atoms with van der Waals surface area (Å²) in [5.41, 5.74) is 0.988. The van der Waals surface area contributed by atoms with Crippen molar-refractivity contribution in [1.29, 1.82) is 0 Å². The molecule has 1 aromatic heterocycles. The molecular weight excluding hydrogens is 295 g/mol. The van der Waals surface area contributed by atoms with E-state index in [1.807, 2.05) is 4.90 Å². The first-order valence-corrected chi connectivity index (χ1v) is 8.15. The van der Waals surface area contributed by atoms with Crippen LogP contribution in [0, 0.1) is 5.82 Å². The molecule has 1 saturated heterocycles. The third-order valence-electron chi connectivity index (χ3n) is 4.70. The second kappa shape index (κ2) is 6.14. The zero-order valence-electron chi connectivity index (χ0n) is 13.5. The molecule has 1 aliphatic rings. The van der Waals surface area contributed by atoms with Crippen LogP contribution in [0.15, 0.2) is 24.4 Å². The molecule has 1 fully saturated rings. The van der Waals surface area contributed by atoms with Gasteiger partial charge in [0.15, 0.2) is 0 Å². The van der Waals surface area contributed by atoms with E-state index < -0.39 is 5.82 Å². The van der Waals surface area contributed by atoms with E-state index in [0.29, 0.717) is 16.5 Å². The van der Waals surface area contributed by atoms with E-state index in [0.717, 1.165) is 32.2 Å². The van der Waals surface area contributed by atoms with Gasteiger partial charge in [-0.25, -0.2) is 4.39 Å². The maximum atomic E-state index is 13.7. The quantitative estimate of drug-likeness (QED) is 0.844. The summed E-state index contributed by atoms with van der Waals surface area (Å²) in [6, 6.07) is 4.43. The van der Waals surface area contributed by atoms with E-state index in [1.54, 1.807) is 12.3 Å². The molecule has 1 aliphatic heterocycles. The maximum Gasteiger partial charge on any atom is 0.256 e. The van der Waals surface area contributed by atoms with Crippen LogP contribution in [0.4, 0.5) is 4.39 Å². The minimum Gasteiger partial charge on any atom is -0.336 e. The van der Waals surface area contributed by atoms with Crippen molar-refractivity contribution in [1.82, 2.24) is 9.47 Å².